The maximum atomic E-state index is 4.34. The molecule has 0 fully saturated rings. The topological polar surface area (TPSA) is 55.6 Å². The van der Waals surface area contributed by atoms with E-state index in [1.54, 1.807) is 0 Å². The van der Waals surface area contributed by atoms with Crippen molar-refractivity contribution in [2.75, 3.05) is 7.05 Å². The number of hydrogen-bond donors (Lipinski definition) is 1. The number of nitrogens with one attached hydrogen (secondary N) is 1. The number of rotatable bonds is 5. The van der Waals surface area contributed by atoms with E-state index < -0.39 is 0 Å². The van der Waals surface area contributed by atoms with Crippen molar-refractivity contribution in [1.82, 2.24) is 24.7 Å². The van der Waals surface area contributed by atoms with Crippen molar-refractivity contribution in [3.05, 3.63) is 28.5 Å². The molecule has 2 aromatic heterocycles. The lowest BCUT2D eigenvalue weighted by Crippen LogP contribution is -2.23. The molecule has 0 saturated heterocycles. The van der Waals surface area contributed by atoms with Gasteiger partial charge >= 0.3 is 0 Å². The predicted molar refractivity (Wildman–Crippen MR) is 82.0 cm³/mol. The molecule has 0 aliphatic rings. The summed E-state index contributed by atoms with van der Waals surface area (Å²) in [5, 5.41) is 12.0. The third kappa shape index (κ3) is 3.24. The van der Waals surface area contributed by atoms with E-state index in [2.05, 4.69) is 53.9 Å². The Labute approximate surface area is 124 Å². The van der Waals surface area contributed by atoms with Gasteiger partial charge in [-0.15, -0.1) is 5.10 Å². The Balaban J connectivity index is 2.22. The zero-order chi connectivity index (χ0) is 14.8. The zero-order valence-corrected chi connectivity index (χ0v) is 13.7. The Morgan fingerprint density at radius 3 is 2.70 bits per heavy atom. The first kappa shape index (κ1) is 15.1. The Bertz CT molecular complexity index is 552. The second-order valence-corrected chi connectivity index (χ2v) is 6.77. The molecular weight excluding hydrogens is 270 g/mol. The fourth-order valence-corrected chi connectivity index (χ4v) is 3.16. The quantitative estimate of drug-likeness (QED) is 0.920. The molecule has 2 heterocycles. The van der Waals surface area contributed by atoms with Crippen LogP contribution in [0.2, 0.25) is 0 Å². The minimum Gasteiger partial charge on any atom is -0.312 e. The van der Waals surface area contributed by atoms with Gasteiger partial charge in [-0.3, -0.25) is 4.68 Å². The first-order chi connectivity index (χ1) is 9.45. The van der Waals surface area contributed by atoms with Crippen LogP contribution >= 0.6 is 11.5 Å². The van der Waals surface area contributed by atoms with Crippen LogP contribution in [0.4, 0.5) is 0 Å². The molecule has 110 valence electrons. The molecule has 20 heavy (non-hydrogen) atoms. The third-order valence-electron chi connectivity index (χ3n) is 3.34. The number of aryl methyl sites for hydroxylation is 1. The molecule has 1 atom stereocenters. The summed E-state index contributed by atoms with van der Waals surface area (Å²) < 4.78 is 6.11. The van der Waals surface area contributed by atoms with E-state index in [-0.39, 0.29) is 11.5 Å². The normalized spacial score (nSPS) is 13.7. The van der Waals surface area contributed by atoms with Crippen molar-refractivity contribution in [1.29, 1.82) is 0 Å². The predicted octanol–water partition coefficient (Wildman–Crippen LogP) is 2.56. The van der Waals surface area contributed by atoms with Gasteiger partial charge in [0.25, 0.3) is 0 Å². The van der Waals surface area contributed by atoms with E-state index in [0.717, 1.165) is 18.7 Å². The van der Waals surface area contributed by atoms with Gasteiger partial charge in [0, 0.05) is 24.2 Å². The SMILES string of the molecule is CCn1cc(CC(NC)c2snnc2C(C)(C)C)cn1. The fourth-order valence-electron chi connectivity index (χ4n) is 2.19. The Hall–Kier alpha value is -1.27. The van der Waals surface area contributed by atoms with Crippen LogP contribution in [-0.2, 0) is 18.4 Å². The summed E-state index contributed by atoms with van der Waals surface area (Å²) in [6.45, 7) is 9.52. The number of hydrogen-bond acceptors (Lipinski definition) is 5. The monoisotopic (exact) mass is 293 g/mol. The van der Waals surface area contributed by atoms with Crippen LogP contribution in [0.25, 0.3) is 0 Å². The van der Waals surface area contributed by atoms with Gasteiger partial charge in [0.1, 0.15) is 0 Å². The average Bonchev–Trinajstić information content (AvgIpc) is 3.03. The van der Waals surface area contributed by atoms with E-state index >= 15 is 0 Å². The van der Waals surface area contributed by atoms with Gasteiger partial charge in [0.15, 0.2) is 0 Å². The zero-order valence-electron chi connectivity index (χ0n) is 12.8. The highest BCUT2D eigenvalue weighted by Crippen LogP contribution is 2.31. The Kier molecular flexibility index (Phi) is 4.55. The summed E-state index contributed by atoms with van der Waals surface area (Å²) in [5.74, 6) is 0. The molecule has 0 bridgehead atoms. The lowest BCUT2D eigenvalue weighted by molar-refractivity contribution is 0.530. The maximum absolute atomic E-state index is 4.34. The van der Waals surface area contributed by atoms with Gasteiger partial charge in [0.05, 0.1) is 16.8 Å². The Morgan fingerprint density at radius 2 is 2.15 bits per heavy atom. The number of likely N-dealkylation sites (N-methyl/N-ethyl adjacent to an activating group) is 1. The molecule has 1 unspecified atom stereocenters. The molecule has 0 saturated carbocycles. The number of aromatic nitrogens is 4. The van der Waals surface area contributed by atoms with Crippen molar-refractivity contribution in [3.8, 4) is 0 Å². The molecular formula is C14H23N5S. The highest BCUT2D eigenvalue weighted by Gasteiger charge is 2.26. The van der Waals surface area contributed by atoms with Gasteiger partial charge in [-0.2, -0.15) is 5.10 Å². The van der Waals surface area contributed by atoms with E-state index in [4.69, 9.17) is 0 Å². The Morgan fingerprint density at radius 1 is 1.40 bits per heavy atom. The second kappa shape index (κ2) is 6.01. The summed E-state index contributed by atoms with van der Waals surface area (Å²) in [4.78, 5) is 1.23. The van der Waals surface area contributed by atoms with Crippen molar-refractivity contribution < 1.29 is 0 Å². The summed E-state index contributed by atoms with van der Waals surface area (Å²) in [5.41, 5.74) is 2.34. The van der Waals surface area contributed by atoms with E-state index in [0.29, 0.717) is 0 Å². The third-order valence-corrected chi connectivity index (χ3v) is 4.18. The van der Waals surface area contributed by atoms with Gasteiger partial charge in [-0.25, -0.2) is 0 Å². The summed E-state index contributed by atoms with van der Waals surface area (Å²) >= 11 is 1.49. The highest BCUT2D eigenvalue weighted by atomic mass is 32.1. The van der Waals surface area contributed by atoms with E-state index in [1.807, 2.05) is 17.9 Å². The molecule has 0 amide bonds. The van der Waals surface area contributed by atoms with Crippen LogP contribution in [0.1, 0.15) is 49.9 Å². The first-order valence-electron chi connectivity index (χ1n) is 6.97. The average molecular weight is 293 g/mol. The molecule has 2 aromatic rings. The lowest BCUT2D eigenvalue weighted by atomic mass is 9.89. The second-order valence-electron chi connectivity index (χ2n) is 5.99. The van der Waals surface area contributed by atoms with Gasteiger partial charge < -0.3 is 5.32 Å². The summed E-state index contributed by atoms with van der Waals surface area (Å²) in [6, 6.07) is 0.235. The highest BCUT2D eigenvalue weighted by molar-refractivity contribution is 7.05. The van der Waals surface area contributed by atoms with Gasteiger partial charge in [-0.1, -0.05) is 25.3 Å². The molecule has 1 N–H and O–H groups in total. The minimum atomic E-state index is 0.0189. The first-order valence-corrected chi connectivity index (χ1v) is 7.74. The molecule has 6 heteroatoms. The van der Waals surface area contributed by atoms with Crippen LogP contribution in [0.5, 0.6) is 0 Å². The van der Waals surface area contributed by atoms with Crippen molar-refractivity contribution in [2.45, 2.75) is 52.1 Å². The number of nitrogens with zero attached hydrogens (tertiary/aromatic N) is 4. The molecule has 0 aromatic carbocycles. The van der Waals surface area contributed by atoms with Gasteiger partial charge in [-0.05, 0) is 37.5 Å². The summed E-state index contributed by atoms with van der Waals surface area (Å²) in [7, 11) is 1.99. The molecule has 0 radical (unpaired) electrons. The van der Waals surface area contributed by atoms with Crippen LogP contribution in [0.15, 0.2) is 12.4 Å². The molecule has 2 rings (SSSR count). The smallest absolute Gasteiger partial charge is 0.0857 e. The molecule has 0 aliphatic carbocycles. The lowest BCUT2D eigenvalue weighted by Gasteiger charge is -2.21. The molecule has 0 aliphatic heterocycles. The van der Waals surface area contributed by atoms with E-state index in [9.17, 15) is 0 Å². The van der Waals surface area contributed by atoms with Gasteiger partial charge in [0.2, 0.25) is 0 Å². The largest absolute Gasteiger partial charge is 0.312 e. The van der Waals surface area contributed by atoms with Crippen LogP contribution in [-0.4, -0.2) is 26.4 Å². The van der Waals surface area contributed by atoms with Crippen molar-refractivity contribution >= 4 is 11.5 Å². The molecule has 0 spiro atoms. The standard InChI is InChI=1S/C14H23N5S/c1-6-19-9-10(8-16-19)7-11(15-5)12-13(14(2,3)4)17-18-20-12/h8-9,11,15H,6-7H2,1-5H3. The van der Waals surface area contributed by atoms with Crippen molar-refractivity contribution in [2.24, 2.45) is 0 Å². The van der Waals surface area contributed by atoms with Crippen LogP contribution in [0.3, 0.4) is 0 Å². The van der Waals surface area contributed by atoms with Crippen molar-refractivity contribution in [3.63, 3.8) is 0 Å². The summed E-state index contributed by atoms with van der Waals surface area (Å²) in [6.07, 6.45) is 4.96. The maximum Gasteiger partial charge on any atom is 0.0857 e. The fraction of sp³-hybridized carbons (Fsp3) is 0.643. The van der Waals surface area contributed by atoms with Crippen LogP contribution in [0, 0.1) is 0 Å². The van der Waals surface area contributed by atoms with Crippen LogP contribution < -0.4 is 5.32 Å². The molecule has 5 nitrogen and oxygen atoms in total. The minimum absolute atomic E-state index is 0.0189. The van der Waals surface area contributed by atoms with E-state index in [1.165, 1.54) is 22.0 Å².